The molecule has 0 aromatic heterocycles. The first-order chi connectivity index (χ1) is 10.6. The molecule has 1 N–H and O–H groups in total. The van der Waals surface area contributed by atoms with Crippen LogP contribution in [-0.2, 0) is 13.2 Å². The minimum atomic E-state index is 0.443. The summed E-state index contributed by atoms with van der Waals surface area (Å²) < 4.78 is 12.6. The van der Waals surface area contributed by atoms with Gasteiger partial charge in [0.25, 0.3) is 0 Å². The maximum atomic E-state index is 6.36. The van der Waals surface area contributed by atoms with Crippen LogP contribution in [0.25, 0.3) is 0 Å². The van der Waals surface area contributed by atoms with Crippen molar-refractivity contribution in [3.05, 3.63) is 57.0 Å². The average molecular weight is 385 g/mol. The summed E-state index contributed by atoms with van der Waals surface area (Å²) in [4.78, 5) is 0. The summed E-state index contributed by atoms with van der Waals surface area (Å²) in [6.45, 7) is 3.68. The van der Waals surface area contributed by atoms with Gasteiger partial charge in [-0.2, -0.15) is 0 Å². The summed E-state index contributed by atoms with van der Waals surface area (Å²) in [6.07, 6.45) is 0. The fourth-order valence-electron chi connectivity index (χ4n) is 2.07. The minimum Gasteiger partial charge on any atom is -0.490 e. The molecule has 0 radical (unpaired) electrons. The molecule has 0 aliphatic carbocycles. The molecule has 2 rings (SSSR count). The van der Waals surface area contributed by atoms with Crippen molar-refractivity contribution in [1.82, 2.24) is 5.32 Å². The Morgan fingerprint density at radius 2 is 1.82 bits per heavy atom. The molecular weight excluding hydrogens is 366 g/mol. The normalized spacial score (nSPS) is 10.5. The van der Waals surface area contributed by atoms with E-state index in [1.165, 1.54) is 0 Å². The zero-order chi connectivity index (χ0) is 15.9. The molecule has 2 aromatic carbocycles. The van der Waals surface area contributed by atoms with E-state index in [1.807, 2.05) is 50.4 Å². The van der Waals surface area contributed by atoms with E-state index in [-0.39, 0.29) is 0 Å². The highest BCUT2D eigenvalue weighted by atomic mass is 79.9. The third-order valence-corrected chi connectivity index (χ3v) is 3.86. The lowest BCUT2D eigenvalue weighted by atomic mass is 10.2. The summed E-state index contributed by atoms with van der Waals surface area (Å²) in [7, 11) is 1.90. The predicted molar refractivity (Wildman–Crippen MR) is 93.9 cm³/mol. The van der Waals surface area contributed by atoms with Crippen molar-refractivity contribution in [2.24, 2.45) is 0 Å². The van der Waals surface area contributed by atoms with Crippen molar-refractivity contribution in [2.75, 3.05) is 13.7 Å². The van der Waals surface area contributed by atoms with Gasteiger partial charge in [-0.05, 0) is 49.4 Å². The molecule has 22 heavy (non-hydrogen) atoms. The highest BCUT2D eigenvalue weighted by Crippen LogP contribution is 2.37. The number of benzene rings is 2. The van der Waals surface area contributed by atoms with Crippen LogP contribution in [-0.4, -0.2) is 13.7 Å². The van der Waals surface area contributed by atoms with Gasteiger partial charge >= 0.3 is 0 Å². The number of ether oxygens (including phenoxy) is 2. The maximum Gasteiger partial charge on any atom is 0.180 e. The predicted octanol–water partition coefficient (Wildman–Crippen LogP) is 4.80. The molecule has 0 spiro atoms. The van der Waals surface area contributed by atoms with Crippen molar-refractivity contribution in [2.45, 2.75) is 20.1 Å². The Morgan fingerprint density at radius 3 is 2.45 bits per heavy atom. The van der Waals surface area contributed by atoms with Gasteiger partial charge < -0.3 is 14.8 Å². The van der Waals surface area contributed by atoms with Crippen LogP contribution in [0.2, 0.25) is 5.02 Å². The van der Waals surface area contributed by atoms with Crippen molar-refractivity contribution >= 4 is 27.5 Å². The third kappa shape index (κ3) is 4.63. The van der Waals surface area contributed by atoms with Crippen LogP contribution in [0.1, 0.15) is 18.1 Å². The van der Waals surface area contributed by atoms with Gasteiger partial charge in [-0.3, -0.25) is 0 Å². The Hall–Kier alpha value is -1.23. The molecule has 0 fully saturated rings. The van der Waals surface area contributed by atoms with Crippen molar-refractivity contribution in [1.29, 1.82) is 0 Å². The lowest BCUT2D eigenvalue weighted by molar-refractivity contribution is 0.269. The van der Waals surface area contributed by atoms with Crippen LogP contribution in [0.5, 0.6) is 11.5 Å². The topological polar surface area (TPSA) is 30.5 Å². The zero-order valence-electron chi connectivity index (χ0n) is 12.7. The van der Waals surface area contributed by atoms with Gasteiger partial charge in [0.2, 0.25) is 0 Å². The Balaban J connectivity index is 2.19. The first kappa shape index (κ1) is 17.1. The van der Waals surface area contributed by atoms with Gasteiger partial charge in [-0.1, -0.05) is 39.7 Å². The van der Waals surface area contributed by atoms with E-state index in [9.17, 15) is 0 Å². The quantitative estimate of drug-likeness (QED) is 0.744. The molecule has 0 bridgehead atoms. The van der Waals surface area contributed by atoms with Gasteiger partial charge in [0.05, 0.1) is 11.6 Å². The van der Waals surface area contributed by atoms with Crippen molar-refractivity contribution in [3.63, 3.8) is 0 Å². The fourth-order valence-corrected chi connectivity index (χ4v) is 2.62. The molecule has 0 unspecified atom stereocenters. The third-order valence-electron chi connectivity index (χ3n) is 3.05. The zero-order valence-corrected chi connectivity index (χ0v) is 15.0. The maximum absolute atomic E-state index is 6.36. The standard InChI is InChI=1S/C17H19BrClNO2/c1-3-21-16-9-13(10-20-2)8-15(19)17(16)22-11-12-4-6-14(18)7-5-12/h4-9,20H,3,10-11H2,1-2H3. The van der Waals surface area contributed by atoms with Crippen LogP contribution in [0.15, 0.2) is 40.9 Å². The Kier molecular flexibility index (Phi) is 6.55. The molecule has 2 aromatic rings. The van der Waals surface area contributed by atoms with E-state index >= 15 is 0 Å². The van der Waals surface area contributed by atoms with Crippen LogP contribution in [0.4, 0.5) is 0 Å². The highest BCUT2D eigenvalue weighted by molar-refractivity contribution is 9.10. The van der Waals surface area contributed by atoms with Gasteiger partial charge in [-0.15, -0.1) is 0 Å². The van der Waals surface area contributed by atoms with Crippen molar-refractivity contribution < 1.29 is 9.47 Å². The monoisotopic (exact) mass is 383 g/mol. The first-order valence-corrected chi connectivity index (χ1v) is 8.28. The smallest absolute Gasteiger partial charge is 0.180 e. The molecule has 3 nitrogen and oxygen atoms in total. The summed E-state index contributed by atoms with van der Waals surface area (Å²) >= 11 is 9.78. The molecule has 0 saturated heterocycles. The van der Waals surface area contributed by atoms with Crippen LogP contribution >= 0.6 is 27.5 Å². The van der Waals surface area contributed by atoms with Gasteiger partial charge in [0.1, 0.15) is 6.61 Å². The van der Waals surface area contributed by atoms with Crippen LogP contribution in [0.3, 0.4) is 0 Å². The first-order valence-electron chi connectivity index (χ1n) is 7.11. The fraction of sp³-hybridized carbons (Fsp3) is 0.294. The summed E-state index contributed by atoms with van der Waals surface area (Å²) in [5, 5.41) is 3.67. The molecule has 0 aliphatic rings. The van der Waals surface area contributed by atoms with E-state index < -0.39 is 0 Å². The second-order valence-corrected chi connectivity index (χ2v) is 6.11. The number of hydrogen-bond donors (Lipinski definition) is 1. The largest absolute Gasteiger partial charge is 0.490 e. The Labute approximate surface area is 144 Å². The molecule has 0 heterocycles. The lowest BCUT2D eigenvalue weighted by Crippen LogP contribution is -2.07. The summed E-state index contributed by atoms with van der Waals surface area (Å²) in [6, 6.07) is 11.8. The van der Waals surface area contributed by atoms with E-state index in [1.54, 1.807) is 0 Å². The average Bonchev–Trinajstić information content (AvgIpc) is 2.49. The van der Waals surface area contributed by atoms with E-state index in [4.69, 9.17) is 21.1 Å². The van der Waals surface area contributed by atoms with E-state index in [0.29, 0.717) is 29.7 Å². The lowest BCUT2D eigenvalue weighted by Gasteiger charge is -2.15. The van der Waals surface area contributed by atoms with Gasteiger partial charge in [0.15, 0.2) is 11.5 Å². The SMILES string of the molecule is CCOc1cc(CNC)cc(Cl)c1OCc1ccc(Br)cc1. The molecule has 0 amide bonds. The van der Waals surface area contributed by atoms with Crippen molar-refractivity contribution in [3.8, 4) is 11.5 Å². The second-order valence-electron chi connectivity index (χ2n) is 4.78. The number of nitrogens with one attached hydrogen (secondary N) is 1. The van der Waals surface area contributed by atoms with E-state index in [0.717, 1.165) is 22.1 Å². The highest BCUT2D eigenvalue weighted by Gasteiger charge is 2.12. The molecule has 0 saturated carbocycles. The summed E-state index contributed by atoms with van der Waals surface area (Å²) in [5.41, 5.74) is 2.13. The Bertz CT molecular complexity index is 617. The molecular formula is C17H19BrClNO2. The Morgan fingerprint density at radius 1 is 1.09 bits per heavy atom. The van der Waals surface area contributed by atoms with Gasteiger partial charge in [-0.25, -0.2) is 0 Å². The minimum absolute atomic E-state index is 0.443. The summed E-state index contributed by atoms with van der Waals surface area (Å²) in [5.74, 6) is 1.27. The van der Waals surface area contributed by atoms with Crippen LogP contribution in [0, 0.1) is 0 Å². The number of halogens is 2. The van der Waals surface area contributed by atoms with E-state index in [2.05, 4.69) is 21.2 Å². The number of rotatable bonds is 7. The second kappa shape index (κ2) is 8.42. The number of hydrogen-bond acceptors (Lipinski definition) is 3. The molecule has 0 atom stereocenters. The van der Waals surface area contributed by atoms with Crippen LogP contribution < -0.4 is 14.8 Å². The molecule has 5 heteroatoms. The molecule has 118 valence electrons. The van der Waals surface area contributed by atoms with Gasteiger partial charge in [0, 0.05) is 11.0 Å². The molecule has 0 aliphatic heterocycles.